The van der Waals surface area contributed by atoms with E-state index >= 15 is 0 Å². The van der Waals surface area contributed by atoms with Crippen LogP contribution in [0, 0.1) is 23.2 Å². The predicted molar refractivity (Wildman–Crippen MR) is 94.0 cm³/mol. The van der Waals surface area contributed by atoms with Gasteiger partial charge in [-0.25, -0.2) is 0 Å². The number of carbonyl (C=O) groups is 1. The number of aliphatic hydroxyl groups is 1. The third-order valence-corrected chi connectivity index (χ3v) is 6.88. The lowest BCUT2D eigenvalue weighted by atomic mass is 9.54. The van der Waals surface area contributed by atoms with Crippen LogP contribution < -0.4 is 0 Å². The van der Waals surface area contributed by atoms with Gasteiger partial charge in [-0.05, 0) is 67.3 Å². The summed E-state index contributed by atoms with van der Waals surface area (Å²) in [5.74, 6) is 1.87. The minimum absolute atomic E-state index is 0.0450. The molecular weight excluding hydrogens is 284 g/mol. The third kappa shape index (κ3) is 2.73. The van der Waals surface area contributed by atoms with Crippen LogP contribution in [0.15, 0.2) is 23.3 Å². The second-order valence-corrected chi connectivity index (χ2v) is 8.12. The van der Waals surface area contributed by atoms with E-state index in [0.717, 1.165) is 50.5 Å². The maximum absolute atomic E-state index is 12.8. The molecule has 3 saturated carbocycles. The molecule has 0 radical (unpaired) electrons. The van der Waals surface area contributed by atoms with E-state index in [1.54, 1.807) is 0 Å². The van der Waals surface area contributed by atoms with Crippen LogP contribution in [-0.4, -0.2) is 17.0 Å². The summed E-state index contributed by atoms with van der Waals surface area (Å²) in [6, 6.07) is 0. The zero-order chi connectivity index (χ0) is 16.6. The van der Waals surface area contributed by atoms with Crippen molar-refractivity contribution in [1.29, 1.82) is 0 Å². The molecule has 0 amide bonds. The van der Waals surface area contributed by atoms with Crippen molar-refractivity contribution in [2.24, 2.45) is 23.2 Å². The van der Waals surface area contributed by atoms with Crippen molar-refractivity contribution in [3.63, 3.8) is 0 Å². The summed E-state index contributed by atoms with van der Waals surface area (Å²) < 4.78 is 0. The standard InChI is InChI=1S/C21H32O2/c1-4-6-8-16-14(7-5-2)15-11-12-21(3)18(9-10-20(21)23)17(15)13-19(16)22/h7-8,15,17-18,20,23H,4-6,9-13H2,1-3H3/b14-7-,16-8+. The first-order chi connectivity index (χ1) is 11.0. The molecule has 23 heavy (non-hydrogen) atoms. The molecule has 3 aliphatic rings. The van der Waals surface area contributed by atoms with Crippen molar-refractivity contribution in [1.82, 2.24) is 0 Å². The van der Waals surface area contributed by atoms with Gasteiger partial charge in [0.15, 0.2) is 5.78 Å². The Balaban J connectivity index is 1.94. The Morgan fingerprint density at radius 3 is 2.70 bits per heavy atom. The summed E-state index contributed by atoms with van der Waals surface area (Å²) in [6.07, 6.45) is 12.4. The monoisotopic (exact) mass is 316 g/mol. The Labute approximate surface area is 141 Å². The first-order valence-corrected chi connectivity index (χ1v) is 9.64. The molecule has 0 aliphatic heterocycles. The maximum atomic E-state index is 12.8. The zero-order valence-electron chi connectivity index (χ0n) is 15.0. The fourth-order valence-electron chi connectivity index (χ4n) is 5.62. The normalized spacial score (nSPS) is 43.7. The summed E-state index contributed by atoms with van der Waals surface area (Å²) in [4.78, 5) is 12.8. The van der Waals surface area contributed by atoms with Crippen molar-refractivity contribution in [3.8, 4) is 0 Å². The van der Waals surface area contributed by atoms with Gasteiger partial charge in [0.05, 0.1) is 6.10 Å². The van der Waals surface area contributed by atoms with E-state index in [1.807, 2.05) is 0 Å². The van der Waals surface area contributed by atoms with Gasteiger partial charge >= 0.3 is 0 Å². The van der Waals surface area contributed by atoms with Gasteiger partial charge in [0.2, 0.25) is 0 Å². The minimum Gasteiger partial charge on any atom is -0.393 e. The van der Waals surface area contributed by atoms with E-state index in [-0.39, 0.29) is 11.5 Å². The minimum atomic E-state index is -0.167. The molecule has 2 nitrogen and oxygen atoms in total. The number of Topliss-reactive ketones (excluding diaryl/α,β-unsaturated/α-hetero) is 1. The second-order valence-electron chi connectivity index (χ2n) is 8.12. The Morgan fingerprint density at radius 2 is 2.00 bits per heavy atom. The fraction of sp³-hybridized carbons (Fsp3) is 0.762. The van der Waals surface area contributed by atoms with Gasteiger partial charge in [-0.1, -0.05) is 39.3 Å². The average Bonchev–Trinajstić information content (AvgIpc) is 2.83. The van der Waals surface area contributed by atoms with Crippen molar-refractivity contribution in [2.75, 3.05) is 0 Å². The summed E-state index contributed by atoms with van der Waals surface area (Å²) >= 11 is 0. The van der Waals surface area contributed by atoms with Crippen molar-refractivity contribution in [2.45, 2.75) is 78.2 Å². The number of ketones is 1. The van der Waals surface area contributed by atoms with Crippen molar-refractivity contribution < 1.29 is 9.90 Å². The Bertz CT molecular complexity index is 530. The van der Waals surface area contributed by atoms with Crippen LogP contribution in [0.25, 0.3) is 0 Å². The Morgan fingerprint density at radius 1 is 1.22 bits per heavy atom. The lowest BCUT2D eigenvalue weighted by molar-refractivity contribution is -0.120. The smallest absolute Gasteiger partial charge is 0.163 e. The Hall–Kier alpha value is -0.890. The summed E-state index contributed by atoms with van der Waals surface area (Å²) in [6.45, 7) is 6.61. The highest BCUT2D eigenvalue weighted by Crippen LogP contribution is 2.60. The van der Waals surface area contributed by atoms with Gasteiger partial charge in [-0.2, -0.15) is 0 Å². The van der Waals surface area contributed by atoms with E-state index in [9.17, 15) is 9.90 Å². The number of allylic oxidation sites excluding steroid dienone is 4. The van der Waals surface area contributed by atoms with Crippen molar-refractivity contribution >= 4 is 5.78 Å². The molecule has 1 N–H and O–H groups in total. The second kappa shape index (κ2) is 6.55. The van der Waals surface area contributed by atoms with E-state index in [1.165, 1.54) is 5.57 Å². The molecule has 3 rings (SSSR count). The quantitative estimate of drug-likeness (QED) is 0.758. The number of hydrogen-bond donors (Lipinski definition) is 1. The lowest BCUT2D eigenvalue weighted by Gasteiger charge is -2.50. The number of fused-ring (bicyclic) bond motifs is 3. The topological polar surface area (TPSA) is 37.3 Å². The lowest BCUT2D eigenvalue weighted by Crippen LogP contribution is -2.46. The fourth-order valence-corrected chi connectivity index (χ4v) is 5.62. The van der Waals surface area contributed by atoms with Crippen LogP contribution in [0.4, 0.5) is 0 Å². The highest BCUT2D eigenvalue weighted by atomic mass is 16.3. The highest BCUT2D eigenvalue weighted by Gasteiger charge is 2.55. The van der Waals surface area contributed by atoms with Crippen LogP contribution in [-0.2, 0) is 4.79 Å². The number of hydrogen-bond acceptors (Lipinski definition) is 2. The van der Waals surface area contributed by atoms with Gasteiger partial charge in [0.1, 0.15) is 0 Å². The molecule has 5 atom stereocenters. The summed E-state index contributed by atoms with van der Waals surface area (Å²) in [5.41, 5.74) is 2.41. The summed E-state index contributed by atoms with van der Waals surface area (Å²) in [7, 11) is 0. The molecule has 3 aliphatic carbocycles. The van der Waals surface area contributed by atoms with Gasteiger partial charge < -0.3 is 5.11 Å². The van der Waals surface area contributed by atoms with Crippen LogP contribution in [0.2, 0.25) is 0 Å². The molecule has 0 heterocycles. The van der Waals surface area contributed by atoms with Crippen LogP contribution in [0.5, 0.6) is 0 Å². The molecule has 3 fully saturated rings. The van der Waals surface area contributed by atoms with E-state index in [0.29, 0.717) is 30.0 Å². The molecule has 0 aromatic heterocycles. The SMILES string of the molecule is CC/C=C1\C(=C/CCC)C(=O)CC2C1CCC1(C)C(O)CCC21. The molecule has 0 bridgehead atoms. The third-order valence-electron chi connectivity index (χ3n) is 6.88. The molecule has 0 saturated heterocycles. The Kier molecular flexibility index (Phi) is 4.83. The number of unbranched alkanes of at least 4 members (excludes halogenated alkanes) is 1. The van der Waals surface area contributed by atoms with Gasteiger partial charge in [-0.3, -0.25) is 4.79 Å². The van der Waals surface area contributed by atoms with Crippen molar-refractivity contribution in [3.05, 3.63) is 23.3 Å². The molecule has 5 unspecified atom stereocenters. The largest absolute Gasteiger partial charge is 0.393 e. The number of aliphatic hydroxyl groups excluding tert-OH is 1. The maximum Gasteiger partial charge on any atom is 0.163 e. The molecule has 128 valence electrons. The molecule has 0 spiro atoms. The first-order valence-electron chi connectivity index (χ1n) is 9.64. The highest BCUT2D eigenvalue weighted by molar-refractivity contribution is 6.01. The average molecular weight is 316 g/mol. The van der Waals surface area contributed by atoms with E-state index in [2.05, 4.69) is 32.9 Å². The van der Waals surface area contributed by atoms with E-state index < -0.39 is 0 Å². The molecule has 0 aromatic rings. The van der Waals surface area contributed by atoms with Gasteiger partial charge in [0.25, 0.3) is 0 Å². The number of carbonyl (C=O) groups excluding carboxylic acids is 1. The first kappa shape index (κ1) is 17.0. The summed E-state index contributed by atoms with van der Waals surface area (Å²) in [5, 5.41) is 10.5. The van der Waals surface area contributed by atoms with Crippen LogP contribution in [0.1, 0.15) is 72.1 Å². The van der Waals surface area contributed by atoms with Crippen LogP contribution in [0.3, 0.4) is 0 Å². The molecule has 0 aromatic carbocycles. The van der Waals surface area contributed by atoms with Crippen LogP contribution >= 0.6 is 0 Å². The molecular formula is C21H32O2. The number of rotatable bonds is 3. The van der Waals surface area contributed by atoms with E-state index in [4.69, 9.17) is 0 Å². The van der Waals surface area contributed by atoms with Gasteiger partial charge in [0, 0.05) is 12.0 Å². The zero-order valence-corrected chi connectivity index (χ0v) is 15.0. The molecule has 2 heteroatoms. The van der Waals surface area contributed by atoms with Gasteiger partial charge in [-0.15, -0.1) is 0 Å². The predicted octanol–water partition coefficient (Wildman–Crippen LogP) is 4.83.